The van der Waals surface area contributed by atoms with Crippen molar-refractivity contribution in [3.8, 4) is 0 Å². The number of hydrogen-bond acceptors (Lipinski definition) is 2. The third-order valence-electron chi connectivity index (χ3n) is 3.29. The molecule has 0 bridgehead atoms. The summed E-state index contributed by atoms with van der Waals surface area (Å²) in [6, 6.07) is 5.28. The first-order valence-corrected chi connectivity index (χ1v) is 7.92. The molecule has 21 heavy (non-hydrogen) atoms. The summed E-state index contributed by atoms with van der Waals surface area (Å²) in [6.45, 7) is 4.51. The van der Waals surface area contributed by atoms with E-state index in [9.17, 15) is 18.0 Å². The SMILES string of the molecule is CC(C)CC(=O)N1CCS[C@H]1c1cccc(C(F)(F)F)c1. The zero-order valence-corrected chi connectivity index (χ0v) is 12.8. The van der Waals surface area contributed by atoms with E-state index in [1.807, 2.05) is 13.8 Å². The van der Waals surface area contributed by atoms with E-state index in [2.05, 4.69) is 0 Å². The van der Waals surface area contributed by atoms with Gasteiger partial charge >= 0.3 is 6.18 Å². The molecule has 0 unspecified atom stereocenters. The first-order valence-electron chi connectivity index (χ1n) is 6.87. The summed E-state index contributed by atoms with van der Waals surface area (Å²) in [6.07, 6.45) is -3.93. The van der Waals surface area contributed by atoms with Crippen LogP contribution in [-0.4, -0.2) is 23.1 Å². The number of carbonyl (C=O) groups excluding carboxylic acids is 1. The van der Waals surface area contributed by atoms with Crippen molar-refractivity contribution in [2.24, 2.45) is 5.92 Å². The Morgan fingerprint density at radius 1 is 1.43 bits per heavy atom. The highest BCUT2D eigenvalue weighted by Gasteiger charge is 2.34. The fraction of sp³-hybridized carbons (Fsp3) is 0.533. The fourth-order valence-corrected chi connectivity index (χ4v) is 3.60. The predicted molar refractivity (Wildman–Crippen MR) is 77.8 cm³/mol. The number of alkyl halides is 3. The van der Waals surface area contributed by atoms with Crippen LogP contribution in [0.15, 0.2) is 24.3 Å². The molecule has 1 atom stereocenters. The van der Waals surface area contributed by atoms with Crippen molar-refractivity contribution in [3.05, 3.63) is 35.4 Å². The Hall–Kier alpha value is -1.17. The predicted octanol–water partition coefficient (Wildman–Crippen LogP) is 4.33. The van der Waals surface area contributed by atoms with Gasteiger partial charge in [0.2, 0.25) is 5.91 Å². The van der Waals surface area contributed by atoms with Gasteiger partial charge in [-0.1, -0.05) is 26.0 Å². The molecule has 1 heterocycles. The van der Waals surface area contributed by atoms with Crippen molar-refractivity contribution in [3.63, 3.8) is 0 Å². The van der Waals surface area contributed by atoms with E-state index < -0.39 is 11.7 Å². The highest BCUT2D eigenvalue weighted by molar-refractivity contribution is 7.99. The molecule has 0 N–H and O–H groups in total. The van der Waals surface area contributed by atoms with Gasteiger partial charge in [-0.25, -0.2) is 0 Å². The summed E-state index contributed by atoms with van der Waals surface area (Å²) in [5.74, 6) is 1.01. The van der Waals surface area contributed by atoms with Crippen LogP contribution in [0.2, 0.25) is 0 Å². The van der Waals surface area contributed by atoms with E-state index >= 15 is 0 Å². The second-order valence-electron chi connectivity index (χ2n) is 5.53. The van der Waals surface area contributed by atoms with Crippen LogP contribution in [0.25, 0.3) is 0 Å². The second kappa shape index (κ2) is 6.30. The van der Waals surface area contributed by atoms with Crippen molar-refractivity contribution >= 4 is 17.7 Å². The number of carbonyl (C=O) groups is 1. The minimum atomic E-state index is -4.36. The fourth-order valence-electron chi connectivity index (χ4n) is 2.34. The average molecular weight is 317 g/mol. The summed E-state index contributed by atoms with van der Waals surface area (Å²) < 4.78 is 38.4. The molecular formula is C15H18F3NOS. The number of hydrogen-bond donors (Lipinski definition) is 0. The maximum atomic E-state index is 12.8. The van der Waals surface area contributed by atoms with Crippen LogP contribution in [0, 0.1) is 5.92 Å². The Bertz CT molecular complexity index is 516. The molecule has 1 aromatic carbocycles. The highest BCUT2D eigenvalue weighted by Crippen LogP contribution is 2.40. The normalized spacial score (nSPS) is 19.3. The number of benzene rings is 1. The van der Waals surface area contributed by atoms with Crippen LogP contribution >= 0.6 is 11.8 Å². The van der Waals surface area contributed by atoms with Crippen LogP contribution in [0.4, 0.5) is 13.2 Å². The zero-order valence-electron chi connectivity index (χ0n) is 12.0. The Labute approximate surface area is 126 Å². The summed E-state index contributed by atoms with van der Waals surface area (Å²) in [5.41, 5.74) is -0.117. The standard InChI is InChI=1S/C15H18F3NOS/c1-10(2)8-13(20)19-6-7-21-14(19)11-4-3-5-12(9-11)15(16,17)18/h3-5,9-10,14H,6-8H2,1-2H3/t14-/m0/s1. The van der Waals surface area contributed by atoms with Crippen LogP contribution in [0.1, 0.15) is 36.8 Å². The van der Waals surface area contributed by atoms with Gasteiger partial charge in [0.1, 0.15) is 5.37 Å². The van der Waals surface area contributed by atoms with Crippen LogP contribution < -0.4 is 0 Å². The number of nitrogens with zero attached hydrogens (tertiary/aromatic N) is 1. The van der Waals surface area contributed by atoms with Gasteiger partial charge < -0.3 is 4.90 Å². The molecule has 1 aliphatic heterocycles. The summed E-state index contributed by atoms with van der Waals surface area (Å²) in [5, 5.41) is -0.307. The largest absolute Gasteiger partial charge is 0.416 e. The summed E-state index contributed by atoms with van der Waals surface area (Å²) in [4.78, 5) is 13.9. The van der Waals surface area contributed by atoms with Gasteiger partial charge in [-0.15, -0.1) is 11.8 Å². The van der Waals surface area contributed by atoms with E-state index in [0.29, 0.717) is 18.5 Å². The molecular weight excluding hydrogens is 299 g/mol. The highest BCUT2D eigenvalue weighted by atomic mass is 32.2. The Balaban J connectivity index is 2.22. The van der Waals surface area contributed by atoms with Gasteiger partial charge in [0.25, 0.3) is 0 Å². The molecule has 2 nitrogen and oxygen atoms in total. The number of thioether (sulfide) groups is 1. The monoisotopic (exact) mass is 317 g/mol. The molecule has 0 radical (unpaired) electrons. The number of halogens is 3. The van der Waals surface area contributed by atoms with Gasteiger partial charge in [-0.05, 0) is 23.6 Å². The van der Waals surface area contributed by atoms with Crippen molar-refractivity contribution < 1.29 is 18.0 Å². The van der Waals surface area contributed by atoms with Crippen molar-refractivity contribution in [2.45, 2.75) is 31.8 Å². The van der Waals surface area contributed by atoms with E-state index in [0.717, 1.165) is 17.9 Å². The third kappa shape index (κ3) is 3.93. The summed E-state index contributed by atoms with van der Waals surface area (Å²) in [7, 11) is 0. The quantitative estimate of drug-likeness (QED) is 0.827. The van der Waals surface area contributed by atoms with Crippen molar-refractivity contribution in [1.29, 1.82) is 0 Å². The van der Waals surface area contributed by atoms with Crippen LogP contribution in [0.5, 0.6) is 0 Å². The topological polar surface area (TPSA) is 20.3 Å². The lowest BCUT2D eigenvalue weighted by Crippen LogP contribution is -2.31. The third-order valence-corrected chi connectivity index (χ3v) is 4.55. The Morgan fingerprint density at radius 3 is 2.76 bits per heavy atom. The van der Waals surface area contributed by atoms with Gasteiger partial charge in [-0.2, -0.15) is 13.2 Å². The summed E-state index contributed by atoms with van der Waals surface area (Å²) >= 11 is 1.52. The number of rotatable bonds is 3. The lowest BCUT2D eigenvalue weighted by molar-refractivity contribution is -0.137. The maximum absolute atomic E-state index is 12.8. The lowest BCUT2D eigenvalue weighted by Gasteiger charge is -2.25. The lowest BCUT2D eigenvalue weighted by atomic mass is 10.1. The molecule has 0 aliphatic carbocycles. The van der Waals surface area contributed by atoms with E-state index in [-0.39, 0.29) is 17.2 Å². The van der Waals surface area contributed by atoms with Crippen LogP contribution in [-0.2, 0) is 11.0 Å². The molecule has 0 saturated carbocycles. The molecule has 2 rings (SSSR count). The molecule has 1 aromatic rings. The van der Waals surface area contributed by atoms with Gasteiger partial charge in [-0.3, -0.25) is 4.79 Å². The van der Waals surface area contributed by atoms with Gasteiger partial charge in [0, 0.05) is 18.7 Å². The molecule has 6 heteroatoms. The van der Waals surface area contributed by atoms with E-state index in [4.69, 9.17) is 0 Å². The maximum Gasteiger partial charge on any atom is 0.416 e. The van der Waals surface area contributed by atoms with Crippen molar-refractivity contribution in [2.75, 3.05) is 12.3 Å². The molecule has 0 aromatic heterocycles. The van der Waals surface area contributed by atoms with Gasteiger partial charge in [0.15, 0.2) is 0 Å². The minimum absolute atomic E-state index is 0.0115. The molecule has 1 amide bonds. The zero-order chi connectivity index (χ0) is 15.6. The Kier molecular flexibility index (Phi) is 4.86. The molecule has 116 valence electrons. The minimum Gasteiger partial charge on any atom is -0.326 e. The van der Waals surface area contributed by atoms with E-state index in [1.54, 1.807) is 11.0 Å². The van der Waals surface area contributed by atoms with E-state index in [1.165, 1.54) is 17.8 Å². The van der Waals surface area contributed by atoms with Crippen LogP contribution in [0.3, 0.4) is 0 Å². The molecule has 1 fully saturated rings. The molecule has 1 aliphatic rings. The first-order chi connectivity index (χ1) is 9.79. The second-order valence-corrected chi connectivity index (χ2v) is 6.72. The average Bonchev–Trinajstić information content (AvgIpc) is 2.86. The van der Waals surface area contributed by atoms with Crippen molar-refractivity contribution in [1.82, 2.24) is 4.90 Å². The molecule has 1 saturated heterocycles. The smallest absolute Gasteiger partial charge is 0.326 e. The first kappa shape index (κ1) is 16.2. The van der Waals surface area contributed by atoms with Gasteiger partial charge in [0.05, 0.1) is 5.56 Å². The number of amides is 1. The molecule has 0 spiro atoms. The Morgan fingerprint density at radius 2 is 2.14 bits per heavy atom.